The molecule has 0 saturated carbocycles. The first-order valence-corrected chi connectivity index (χ1v) is 10.6. The number of halogens is 1. The number of aromatic nitrogens is 2. The van der Waals surface area contributed by atoms with Crippen LogP contribution in [0.3, 0.4) is 0 Å². The SMILES string of the molecule is CCNC(Cc1c(Br)c(CC)nn1C)C1SCCSC1C. The van der Waals surface area contributed by atoms with Crippen LogP contribution in [0, 0.1) is 0 Å². The highest BCUT2D eigenvalue weighted by Crippen LogP contribution is 2.35. The van der Waals surface area contributed by atoms with Crippen LogP contribution in [0.15, 0.2) is 4.47 Å². The lowest BCUT2D eigenvalue weighted by atomic mass is 10.0. The highest BCUT2D eigenvalue weighted by molar-refractivity contribution is 9.10. The fourth-order valence-corrected chi connectivity index (χ4v) is 6.65. The summed E-state index contributed by atoms with van der Waals surface area (Å²) in [6.07, 6.45) is 2.02. The van der Waals surface area contributed by atoms with Gasteiger partial charge in [-0.1, -0.05) is 20.8 Å². The van der Waals surface area contributed by atoms with Gasteiger partial charge in [0.05, 0.1) is 15.9 Å². The van der Waals surface area contributed by atoms with Crippen molar-refractivity contribution in [1.82, 2.24) is 15.1 Å². The van der Waals surface area contributed by atoms with Gasteiger partial charge in [0.2, 0.25) is 0 Å². The van der Waals surface area contributed by atoms with Gasteiger partial charge in [-0.2, -0.15) is 28.6 Å². The molecule has 0 amide bonds. The largest absolute Gasteiger partial charge is 0.313 e. The predicted molar refractivity (Wildman–Crippen MR) is 99.6 cm³/mol. The first-order chi connectivity index (χ1) is 10.1. The van der Waals surface area contributed by atoms with E-state index < -0.39 is 0 Å². The maximum absolute atomic E-state index is 4.64. The molecule has 3 atom stereocenters. The summed E-state index contributed by atoms with van der Waals surface area (Å²) in [5.74, 6) is 2.56. The van der Waals surface area contributed by atoms with Crippen molar-refractivity contribution in [2.24, 2.45) is 7.05 Å². The second-order valence-corrected chi connectivity index (χ2v) is 9.03. The average Bonchev–Trinajstić information content (AvgIpc) is 2.74. The number of nitrogens with one attached hydrogen (secondary N) is 1. The Bertz CT molecular complexity index is 464. The van der Waals surface area contributed by atoms with Crippen LogP contribution in [0.5, 0.6) is 0 Å². The Morgan fingerprint density at radius 1 is 1.38 bits per heavy atom. The molecule has 0 spiro atoms. The van der Waals surface area contributed by atoms with E-state index in [2.05, 4.69) is 82.4 Å². The molecule has 1 aliphatic rings. The van der Waals surface area contributed by atoms with Gasteiger partial charge in [-0.25, -0.2) is 0 Å². The molecule has 1 aliphatic heterocycles. The van der Waals surface area contributed by atoms with Crippen molar-refractivity contribution in [1.29, 1.82) is 0 Å². The minimum atomic E-state index is 0.513. The van der Waals surface area contributed by atoms with Crippen LogP contribution in [0.2, 0.25) is 0 Å². The number of aryl methyl sites for hydroxylation is 2. The van der Waals surface area contributed by atoms with Crippen molar-refractivity contribution in [2.75, 3.05) is 18.1 Å². The van der Waals surface area contributed by atoms with Crippen LogP contribution < -0.4 is 5.32 Å². The van der Waals surface area contributed by atoms with E-state index >= 15 is 0 Å². The molecular formula is C15H26BrN3S2. The van der Waals surface area contributed by atoms with Gasteiger partial charge in [0, 0.05) is 41.5 Å². The molecule has 6 heteroatoms. The molecule has 0 bridgehead atoms. The predicted octanol–water partition coefficient (Wildman–Crippen LogP) is 3.50. The molecule has 21 heavy (non-hydrogen) atoms. The van der Waals surface area contributed by atoms with Crippen LogP contribution in [0.25, 0.3) is 0 Å². The van der Waals surface area contributed by atoms with Gasteiger partial charge in [0.25, 0.3) is 0 Å². The minimum absolute atomic E-state index is 0.513. The van der Waals surface area contributed by atoms with Crippen molar-refractivity contribution in [3.63, 3.8) is 0 Å². The minimum Gasteiger partial charge on any atom is -0.313 e. The Morgan fingerprint density at radius 2 is 2.10 bits per heavy atom. The Morgan fingerprint density at radius 3 is 2.67 bits per heavy atom. The third-order valence-corrected chi connectivity index (χ3v) is 8.18. The summed E-state index contributed by atoms with van der Waals surface area (Å²) in [6.45, 7) is 7.76. The molecule has 1 aromatic rings. The summed E-state index contributed by atoms with van der Waals surface area (Å²) in [5.41, 5.74) is 2.49. The van der Waals surface area contributed by atoms with E-state index in [4.69, 9.17) is 0 Å². The van der Waals surface area contributed by atoms with Gasteiger partial charge in [-0.3, -0.25) is 4.68 Å². The van der Waals surface area contributed by atoms with E-state index in [1.165, 1.54) is 27.4 Å². The zero-order valence-corrected chi connectivity index (χ0v) is 16.6. The molecule has 3 unspecified atom stereocenters. The lowest BCUT2D eigenvalue weighted by Gasteiger charge is -2.35. The van der Waals surface area contributed by atoms with Crippen molar-refractivity contribution >= 4 is 39.5 Å². The Labute approximate surface area is 145 Å². The highest BCUT2D eigenvalue weighted by atomic mass is 79.9. The molecule has 1 aromatic heterocycles. The second kappa shape index (κ2) is 8.27. The van der Waals surface area contributed by atoms with Crippen LogP contribution in [0.1, 0.15) is 32.2 Å². The third-order valence-electron chi connectivity index (χ3n) is 4.02. The van der Waals surface area contributed by atoms with Crippen molar-refractivity contribution < 1.29 is 0 Å². The van der Waals surface area contributed by atoms with E-state index in [1.807, 2.05) is 0 Å². The standard InChI is InChI=1S/C15H26BrN3S2/c1-5-11-14(16)13(19(4)18-11)9-12(17-6-2)15-10(3)20-7-8-21-15/h10,12,15,17H,5-9H2,1-4H3. The van der Waals surface area contributed by atoms with E-state index in [1.54, 1.807) is 0 Å². The Balaban J connectivity index is 2.17. The molecule has 0 aromatic carbocycles. The molecule has 1 saturated heterocycles. The second-order valence-electron chi connectivity index (χ2n) is 5.46. The highest BCUT2D eigenvalue weighted by Gasteiger charge is 2.31. The molecule has 1 fully saturated rings. The number of likely N-dealkylation sites (N-methyl/N-ethyl adjacent to an activating group) is 1. The monoisotopic (exact) mass is 391 g/mol. The van der Waals surface area contributed by atoms with Gasteiger partial charge in [0.15, 0.2) is 0 Å². The summed E-state index contributed by atoms with van der Waals surface area (Å²) >= 11 is 8.01. The topological polar surface area (TPSA) is 29.9 Å². The van der Waals surface area contributed by atoms with Crippen LogP contribution in [-0.2, 0) is 19.9 Å². The maximum atomic E-state index is 4.64. The summed E-state index contributed by atoms with van der Waals surface area (Å²) in [6, 6.07) is 0.513. The third kappa shape index (κ3) is 4.21. The van der Waals surface area contributed by atoms with E-state index in [0.29, 0.717) is 16.5 Å². The molecule has 0 aliphatic carbocycles. The first kappa shape index (κ1) is 17.7. The van der Waals surface area contributed by atoms with E-state index in [9.17, 15) is 0 Å². The lowest BCUT2D eigenvalue weighted by molar-refractivity contribution is 0.486. The first-order valence-electron chi connectivity index (χ1n) is 7.75. The quantitative estimate of drug-likeness (QED) is 0.803. The van der Waals surface area contributed by atoms with Gasteiger partial charge in [-0.15, -0.1) is 0 Å². The molecular weight excluding hydrogens is 366 g/mol. The van der Waals surface area contributed by atoms with E-state index in [-0.39, 0.29) is 0 Å². The fraction of sp³-hybridized carbons (Fsp3) is 0.800. The smallest absolute Gasteiger partial charge is 0.0766 e. The molecule has 3 nitrogen and oxygen atoms in total. The molecule has 0 radical (unpaired) electrons. The Kier molecular flexibility index (Phi) is 6.97. The van der Waals surface area contributed by atoms with E-state index in [0.717, 1.165) is 19.4 Å². The van der Waals surface area contributed by atoms with Crippen molar-refractivity contribution in [3.05, 3.63) is 15.9 Å². The molecule has 2 heterocycles. The zero-order chi connectivity index (χ0) is 15.4. The molecule has 120 valence electrons. The Hall–Kier alpha value is 0.350. The summed E-state index contributed by atoms with van der Waals surface area (Å²) in [4.78, 5) is 0. The van der Waals surface area contributed by atoms with Gasteiger partial charge < -0.3 is 5.32 Å². The lowest BCUT2D eigenvalue weighted by Crippen LogP contribution is -2.46. The summed E-state index contributed by atoms with van der Waals surface area (Å²) < 4.78 is 3.26. The molecule has 1 N–H and O–H groups in total. The number of thioether (sulfide) groups is 2. The fourth-order valence-electron chi connectivity index (χ4n) is 2.91. The van der Waals surface area contributed by atoms with Gasteiger partial charge >= 0.3 is 0 Å². The average molecular weight is 392 g/mol. The number of hydrogen-bond donors (Lipinski definition) is 1. The van der Waals surface area contributed by atoms with Crippen LogP contribution >= 0.6 is 39.5 Å². The maximum Gasteiger partial charge on any atom is 0.0766 e. The number of rotatable bonds is 6. The number of hydrogen-bond acceptors (Lipinski definition) is 4. The zero-order valence-electron chi connectivity index (χ0n) is 13.4. The van der Waals surface area contributed by atoms with Crippen molar-refractivity contribution in [3.8, 4) is 0 Å². The summed E-state index contributed by atoms with van der Waals surface area (Å²) in [5, 5.41) is 9.74. The number of nitrogens with zero attached hydrogens (tertiary/aromatic N) is 2. The van der Waals surface area contributed by atoms with Crippen LogP contribution in [-0.4, -0.2) is 44.4 Å². The molecule has 2 rings (SSSR count). The van der Waals surface area contributed by atoms with Gasteiger partial charge in [0.1, 0.15) is 0 Å². The van der Waals surface area contributed by atoms with Crippen LogP contribution in [0.4, 0.5) is 0 Å². The van der Waals surface area contributed by atoms with Crippen molar-refractivity contribution in [2.45, 2.75) is 50.2 Å². The summed E-state index contributed by atoms with van der Waals surface area (Å²) in [7, 11) is 2.06. The van der Waals surface area contributed by atoms with Gasteiger partial charge in [-0.05, 0) is 28.9 Å². The normalized spacial score (nSPS) is 24.2.